The lowest BCUT2D eigenvalue weighted by Crippen LogP contribution is -2.24. The molecular weight excluding hydrogens is 316 g/mol. The van der Waals surface area contributed by atoms with E-state index >= 15 is 0 Å². The van der Waals surface area contributed by atoms with Crippen molar-refractivity contribution >= 4 is 11.6 Å². The highest BCUT2D eigenvalue weighted by Gasteiger charge is 2.33. The molecule has 25 heavy (non-hydrogen) atoms. The molecule has 0 aliphatic heterocycles. The SMILES string of the molecule is CC1(C)CCc2onc(C(=O)Nc3cn[nH]c3-c3ccccc3)c2C1. The zero-order valence-corrected chi connectivity index (χ0v) is 14.3. The van der Waals surface area contributed by atoms with Gasteiger partial charge < -0.3 is 9.84 Å². The van der Waals surface area contributed by atoms with E-state index in [9.17, 15) is 4.79 Å². The Morgan fingerprint density at radius 1 is 1.28 bits per heavy atom. The van der Waals surface area contributed by atoms with Crippen molar-refractivity contribution in [3.8, 4) is 11.3 Å². The Bertz CT molecular complexity index is 909. The van der Waals surface area contributed by atoms with Gasteiger partial charge in [-0.1, -0.05) is 49.3 Å². The molecule has 1 aromatic carbocycles. The summed E-state index contributed by atoms with van der Waals surface area (Å²) in [6, 6.07) is 9.75. The minimum Gasteiger partial charge on any atom is -0.360 e. The highest BCUT2D eigenvalue weighted by molar-refractivity contribution is 6.05. The third-order valence-corrected chi connectivity index (χ3v) is 4.72. The smallest absolute Gasteiger partial charge is 0.278 e. The minimum absolute atomic E-state index is 0.151. The quantitative estimate of drug-likeness (QED) is 0.761. The number of aromatic amines is 1. The Morgan fingerprint density at radius 3 is 2.88 bits per heavy atom. The molecule has 6 heteroatoms. The number of aryl methyl sites for hydroxylation is 1. The number of hydrogen-bond donors (Lipinski definition) is 2. The van der Waals surface area contributed by atoms with E-state index in [2.05, 4.69) is 34.5 Å². The molecule has 2 heterocycles. The van der Waals surface area contributed by atoms with Crippen LogP contribution in [-0.4, -0.2) is 21.3 Å². The molecule has 1 aliphatic carbocycles. The van der Waals surface area contributed by atoms with Gasteiger partial charge in [0.1, 0.15) is 5.76 Å². The third-order valence-electron chi connectivity index (χ3n) is 4.72. The van der Waals surface area contributed by atoms with E-state index in [1.54, 1.807) is 6.20 Å². The third kappa shape index (κ3) is 2.95. The standard InChI is InChI=1S/C19H20N4O2/c1-19(2)9-8-15-13(10-19)17(23-25-15)18(24)21-14-11-20-22-16(14)12-6-4-3-5-7-12/h3-7,11H,8-10H2,1-2H3,(H,20,22)(H,21,24). The largest absolute Gasteiger partial charge is 0.360 e. The normalized spacial score (nSPS) is 15.6. The summed E-state index contributed by atoms with van der Waals surface area (Å²) in [6.07, 6.45) is 4.27. The second-order valence-electron chi connectivity index (χ2n) is 7.25. The number of benzene rings is 1. The van der Waals surface area contributed by atoms with Crippen LogP contribution in [0.25, 0.3) is 11.3 Å². The number of aromatic nitrogens is 3. The van der Waals surface area contributed by atoms with E-state index in [0.717, 1.165) is 41.8 Å². The van der Waals surface area contributed by atoms with Crippen molar-refractivity contribution in [1.29, 1.82) is 0 Å². The van der Waals surface area contributed by atoms with Gasteiger partial charge in [-0.05, 0) is 18.3 Å². The van der Waals surface area contributed by atoms with Crippen LogP contribution in [0.15, 0.2) is 41.1 Å². The predicted molar refractivity (Wildman–Crippen MR) is 94.3 cm³/mol. The van der Waals surface area contributed by atoms with Crippen molar-refractivity contribution in [2.24, 2.45) is 5.41 Å². The van der Waals surface area contributed by atoms with Gasteiger partial charge in [0.15, 0.2) is 5.69 Å². The van der Waals surface area contributed by atoms with E-state index in [1.165, 1.54) is 0 Å². The Balaban J connectivity index is 1.61. The molecule has 0 fully saturated rings. The lowest BCUT2D eigenvalue weighted by atomic mass is 9.76. The second-order valence-corrected chi connectivity index (χ2v) is 7.25. The second kappa shape index (κ2) is 5.88. The molecule has 0 saturated heterocycles. The van der Waals surface area contributed by atoms with Crippen molar-refractivity contribution < 1.29 is 9.32 Å². The van der Waals surface area contributed by atoms with Crippen LogP contribution in [0.3, 0.4) is 0 Å². The van der Waals surface area contributed by atoms with E-state index in [0.29, 0.717) is 11.4 Å². The van der Waals surface area contributed by atoms with Crippen LogP contribution in [0.5, 0.6) is 0 Å². The topological polar surface area (TPSA) is 83.8 Å². The van der Waals surface area contributed by atoms with Crippen LogP contribution in [0, 0.1) is 5.41 Å². The molecule has 2 aromatic heterocycles. The molecule has 0 saturated carbocycles. The summed E-state index contributed by atoms with van der Waals surface area (Å²) in [5, 5.41) is 13.9. The van der Waals surface area contributed by atoms with Crippen molar-refractivity contribution in [3.05, 3.63) is 53.5 Å². The van der Waals surface area contributed by atoms with Crippen molar-refractivity contribution in [3.63, 3.8) is 0 Å². The summed E-state index contributed by atoms with van der Waals surface area (Å²) in [7, 11) is 0. The van der Waals surface area contributed by atoms with Gasteiger partial charge in [0.25, 0.3) is 5.91 Å². The highest BCUT2D eigenvalue weighted by Crippen LogP contribution is 2.36. The maximum absolute atomic E-state index is 12.8. The van der Waals surface area contributed by atoms with Crippen LogP contribution >= 0.6 is 0 Å². The summed E-state index contributed by atoms with van der Waals surface area (Å²) in [4.78, 5) is 12.8. The van der Waals surface area contributed by atoms with Gasteiger partial charge in [0.05, 0.1) is 17.6 Å². The lowest BCUT2D eigenvalue weighted by molar-refractivity contribution is 0.101. The Hall–Kier alpha value is -2.89. The Labute approximate surface area is 145 Å². The molecule has 3 aromatic rings. The molecule has 6 nitrogen and oxygen atoms in total. The van der Waals surface area contributed by atoms with Gasteiger partial charge in [-0.3, -0.25) is 9.89 Å². The summed E-state index contributed by atoms with van der Waals surface area (Å²) in [5.74, 6) is 0.571. The van der Waals surface area contributed by atoms with Crippen LogP contribution < -0.4 is 5.32 Å². The summed E-state index contributed by atoms with van der Waals surface area (Å²) in [5.41, 5.74) is 3.81. The van der Waals surface area contributed by atoms with Crippen molar-refractivity contribution in [2.75, 3.05) is 5.32 Å². The van der Waals surface area contributed by atoms with E-state index in [-0.39, 0.29) is 11.3 Å². The monoisotopic (exact) mass is 336 g/mol. The molecule has 0 spiro atoms. The van der Waals surface area contributed by atoms with Crippen molar-refractivity contribution in [1.82, 2.24) is 15.4 Å². The maximum Gasteiger partial charge on any atom is 0.278 e. The molecule has 0 radical (unpaired) electrons. The number of nitrogens with zero attached hydrogens (tertiary/aromatic N) is 2. The molecule has 1 amide bonds. The van der Waals surface area contributed by atoms with Gasteiger partial charge in [0.2, 0.25) is 0 Å². The van der Waals surface area contributed by atoms with Crippen LogP contribution in [-0.2, 0) is 12.8 Å². The molecular formula is C19H20N4O2. The van der Waals surface area contributed by atoms with Crippen LogP contribution in [0.1, 0.15) is 42.1 Å². The number of rotatable bonds is 3. The first-order valence-corrected chi connectivity index (χ1v) is 8.41. The number of anilines is 1. The number of carbonyl (C=O) groups excluding carboxylic acids is 1. The molecule has 2 N–H and O–H groups in total. The fourth-order valence-corrected chi connectivity index (χ4v) is 3.31. The fraction of sp³-hybridized carbons (Fsp3) is 0.316. The van der Waals surface area contributed by atoms with E-state index in [1.807, 2.05) is 30.3 Å². The van der Waals surface area contributed by atoms with Crippen LogP contribution in [0.4, 0.5) is 5.69 Å². The zero-order valence-electron chi connectivity index (χ0n) is 14.3. The van der Waals surface area contributed by atoms with Gasteiger partial charge in [0, 0.05) is 17.5 Å². The summed E-state index contributed by atoms with van der Waals surface area (Å²) >= 11 is 0. The van der Waals surface area contributed by atoms with E-state index < -0.39 is 0 Å². The molecule has 4 rings (SSSR count). The Morgan fingerprint density at radius 2 is 2.08 bits per heavy atom. The molecule has 0 bridgehead atoms. The number of H-pyrrole nitrogens is 1. The Kier molecular flexibility index (Phi) is 3.67. The average Bonchev–Trinajstić information content (AvgIpc) is 3.21. The molecule has 128 valence electrons. The molecule has 1 aliphatic rings. The fourth-order valence-electron chi connectivity index (χ4n) is 3.31. The number of amides is 1. The van der Waals surface area contributed by atoms with Gasteiger partial charge in [-0.15, -0.1) is 0 Å². The summed E-state index contributed by atoms with van der Waals surface area (Å²) in [6.45, 7) is 4.41. The predicted octanol–water partition coefficient (Wildman–Crippen LogP) is 3.83. The minimum atomic E-state index is -0.263. The number of nitrogens with one attached hydrogen (secondary N) is 2. The van der Waals surface area contributed by atoms with Gasteiger partial charge in [-0.25, -0.2) is 0 Å². The molecule has 0 unspecified atom stereocenters. The summed E-state index contributed by atoms with van der Waals surface area (Å²) < 4.78 is 5.40. The maximum atomic E-state index is 12.8. The first kappa shape index (κ1) is 15.6. The van der Waals surface area contributed by atoms with E-state index in [4.69, 9.17) is 4.52 Å². The zero-order chi connectivity index (χ0) is 17.4. The first-order valence-electron chi connectivity index (χ1n) is 8.41. The first-order chi connectivity index (χ1) is 12.0. The molecule has 0 atom stereocenters. The number of hydrogen-bond acceptors (Lipinski definition) is 4. The van der Waals surface area contributed by atoms with Crippen LogP contribution in [0.2, 0.25) is 0 Å². The number of fused-ring (bicyclic) bond motifs is 1. The number of carbonyl (C=O) groups is 1. The van der Waals surface area contributed by atoms with Gasteiger partial charge in [-0.2, -0.15) is 5.10 Å². The average molecular weight is 336 g/mol. The van der Waals surface area contributed by atoms with Crippen molar-refractivity contribution in [2.45, 2.75) is 33.1 Å². The van der Waals surface area contributed by atoms with Gasteiger partial charge >= 0.3 is 0 Å². The lowest BCUT2D eigenvalue weighted by Gasteiger charge is -2.28. The highest BCUT2D eigenvalue weighted by atomic mass is 16.5.